The van der Waals surface area contributed by atoms with Crippen LogP contribution in [0.1, 0.15) is 90.4 Å². The standard InChI is InChI=1S/C49H66N10O6S/c1-10-57-39-16-15-31-21-33(39)34(43(57)32-13-11-17-50-41(32)28(2)3)23-49(7,8)27-65-47(63)35-14-12-18-59(54-35)46(62)36(22-40-52-38(31)26-66-40)53-44(60)42(29(4)5)55(9)48(64)56-19-20-58(30(6)25-56)45(61)37-24-51-37/h11,13,15-17,21,26,28-30,35-37,42,51,54H,10,12,14,18-20,22-25,27H2,1-9H3,(H,53,60)/t30-,35-,36-,37-,42-/m0/s1. The van der Waals surface area contributed by atoms with Crippen LogP contribution in [0, 0.1) is 11.3 Å². The maximum Gasteiger partial charge on any atom is 0.324 e. The summed E-state index contributed by atoms with van der Waals surface area (Å²) >= 11 is 1.42. The first kappa shape index (κ1) is 47.1. The lowest BCUT2D eigenvalue weighted by Crippen LogP contribution is -2.63. The number of esters is 1. The van der Waals surface area contributed by atoms with Crippen molar-refractivity contribution in [1.29, 1.82) is 0 Å². The topological polar surface area (TPSA) is 184 Å². The van der Waals surface area contributed by atoms with Gasteiger partial charge in [0.05, 0.1) is 34.7 Å². The van der Waals surface area contributed by atoms with Crippen LogP contribution in [0.5, 0.6) is 0 Å². The summed E-state index contributed by atoms with van der Waals surface area (Å²) in [6, 6.07) is 7.17. The summed E-state index contributed by atoms with van der Waals surface area (Å²) in [6.07, 6.45) is 3.59. The lowest BCUT2D eigenvalue weighted by molar-refractivity contribution is -0.155. The number of amides is 5. The van der Waals surface area contributed by atoms with Crippen molar-refractivity contribution in [3.05, 3.63) is 58.2 Å². The van der Waals surface area contributed by atoms with Crippen molar-refractivity contribution in [3.63, 3.8) is 0 Å². The Hall–Kier alpha value is -5.39. The van der Waals surface area contributed by atoms with Gasteiger partial charge in [-0.15, -0.1) is 11.3 Å². The normalized spacial score (nSPS) is 22.9. The maximum absolute atomic E-state index is 14.7. The maximum atomic E-state index is 14.7. The molecule has 8 rings (SSSR count). The molecule has 1 aromatic carbocycles. The molecule has 66 heavy (non-hydrogen) atoms. The molecule has 0 unspecified atom stereocenters. The van der Waals surface area contributed by atoms with Gasteiger partial charge in [0, 0.05) is 97.8 Å². The summed E-state index contributed by atoms with van der Waals surface area (Å²) in [5.41, 5.74) is 9.81. The third-order valence-corrected chi connectivity index (χ3v) is 14.3. The Kier molecular flexibility index (Phi) is 13.6. The number of fused-ring (bicyclic) bond motifs is 6. The van der Waals surface area contributed by atoms with Gasteiger partial charge in [-0.05, 0) is 74.8 Å². The van der Waals surface area contributed by atoms with Crippen LogP contribution in [0.4, 0.5) is 4.79 Å². The fourth-order valence-corrected chi connectivity index (χ4v) is 10.9. The van der Waals surface area contributed by atoms with E-state index in [9.17, 15) is 24.0 Å². The van der Waals surface area contributed by atoms with Crippen LogP contribution in [0.3, 0.4) is 0 Å². The number of carbonyl (C=O) groups is 5. The lowest BCUT2D eigenvalue weighted by Gasteiger charge is -2.42. The number of urea groups is 1. The number of hydrogen-bond acceptors (Lipinski definition) is 11. The molecule has 6 bridgehead atoms. The van der Waals surface area contributed by atoms with Gasteiger partial charge in [0.25, 0.3) is 5.91 Å². The quantitative estimate of drug-likeness (QED) is 0.157. The van der Waals surface area contributed by atoms with Crippen molar-refractivity contribution in [1.82, 2.24) is 50.3 Å². The van der Waals surface area contributed by atoms with Gasteiger partial charge in [-0.2, -0.15) is 0 Å². The van der Waals surface area contributed by atoms with Crippen LogP contribution in [-0.4, -0.2) is 141 Å². The Bertz CT molecular complexity index is 2490. The van der Waals surface area contributed by atoms with E-state index in [2.05, 4.69) is 79.5 Å². The Morgan fingerprint density at radius 3 is 2.56 bits per heavy atom. The number of aryl methyl sites for hydroxylation is 1. The third kappa shape index (κ3) is 9.56. The molecule has 354 valence electrons. The average molecular weight is 923 g/mol. The fourth-order valence-electron chi connectivity index (χ4n) is 10.0. The number of rotatable bonds is 8. The van der Waals surface area contributed by atoms with E-state index in [0.717, 1.165) is 51.2 Å². The fraction of sp³-hybridized carbons (Fsp3) is 0.571. The van der Waals surface area contributed by atoms with Gasteiger partial charge in [-0.1, -0.05) is 47.6 Å². The highest BCUT2D eigenvalue weighted by atomic mass is 32.1. The van der Waals surface area contributed by atoms with E-state index in [1.807, 2.05) is 43.3 Å². The molecule has 0 aliphatic carbocycles. The average Bonchev–Trinajstić information content (AvgIpc) is 3.97. The van der Waals surface area contributed by atoms with Gasteiger partial charge in [0.1, 0.15) is 18.1 Å². The largest absolute Gasteiger partial charge is 0.464 e. The zero-order chi connectivity index (χ0) is 47.2. The van der Waals surface area contributed by atoms with E-state index in [4.69, 9.17) is 14.7 Å². The van der Waals surface area contributed by atoms with E-state index < -0.39 is 41.3 Å². The summed E-state index contributed by atoms with van der Waals surface area (Å²) < 4.78 is 8.48. The van der Waals surface area contributed by atoms with Crippen LogP contribution in [0.15, 0.2) is 41.9 Å². The summed E-state index contributed by atoms with van der Waals surface area (Å²) in [5.74, 6) is -1.40. The van der Waals surface area contributed by atoms with Crippen molar-refractivity contribution in [3.8, 4) is 22.5 Å². The second-order valence-electron chi connectivity index (χ2n) is 19.9. The summed E-state index contributed by atoms with van der Waals surface area (Å²) in [7, 11) is 1.62. The molecule has 3 N–H and O–H groups in total. The molecule has 16 nitrogen and oxygen atoms in total. The Morgan fingerprint density at radius 2 is 1.86 bits per heavy atom. The first-order valence-electron chi connectivity index (χ1n) is 23.6. The monoisotopic (exact) mass is 922 g/mol. The van der Waals surface area contributed by atoms with E-state index in [-0.39, 0.29) is 48.9 Å². The number of nitrogens with zero attached hydrogens (tertiary/aromatic N) is 7. The number of hydrazine groups is 1. The molecule has 7 heterocycles. The van der Waals surface area contributed by atoms with Gasteiger partial charge in [0.2, 0.25) is 11.8 Å². The molecular weight excluding hydrogens is 857 g/mol. The molecule has 4 aliphatic rings. The molecule has 5 amide bonds. The predicted molar refractivity (Wildman–Crippen MR) is 254 cm³/mol. The minimum Gasteiger partial charge on any atom is -0.464 e. The Balaban J connectivity index is 1.12. The smallest absolute Gasteiger partial charge is 0.324 e. The molecule has 0 spiro atoms. The number of carbonyl (C=O) groups excluding carboxylic acids is 5. The van der Waals surface area contributed by atoms with Crippen molar-refractivity contribution in [2.75, 3.05) is 46.4 Å². The molecule has 0 saturated carbocycles. The highest BCUT2D eigenvalue weighted by Crippen LogP contribution is 2.42. The molecule has 0 radical (unpaired) electrons. The first-order chi connectivity index (χ1) is 31.5. The molecule has 5 atom stereocenters. The Morgan fingerprint density at radius 1 is 1.09 bits per heavy atom. The lowest BCUT2D eigenvalue weighted by atomic mass is 9.84. The number of pyridine rings is 1. The molecule has 4 aliphatic heterocycles. The van der Waals surface area contributed by atoms with Gasteiger partial charge in [0.15, 0.2) is 0 Å². The number of thiazole rings is 1. The van der Waals surface area contributed by atoms with E-state index in [0.29, 0.717) is 57.0 Å². The van der Waals surface area contributed by atoms with Gasteiger partial charge >= 0.3 is 12.0 Å². The number of cyclic esters (lactones) is 1. The Labute approximate surface area is 391 Å². The SMILES string of the molecule is CCn1c(-c2cccnc2C(C)C)c2c3cc(ccc31)-c1csc(n1)C[C@H](NC(=O)[C@H](C(C)C)N(C)C(=O)N1CCN(C(=O)[C@@H]3CN3)[C@@H](C)C1)C(=O)N1CCC[C@H](N1)C(=O)OCC(C)(C)C2. The summed E-state index contributed by atoms with van der Waals surface area (Å²) in [4.78, 5) is 84.9. The first-order valence-corrected chi connectivity index (χ1v) is 24.5. The highest BCUT2D eigenvalue weighted by molar-refractivity contribution is 7.10. The summed E-state index contributed by atoms with van der Waals surface area (Å²) in [5, 5.41) is 11.3. The molecule has 3 aromatic heterocycles. The van der Waals surface area contributed by atoms with Crippen LogP contribution in [-0.2, 0) is 43.3 Å². The van der Waals surface area contributed by atoms with Gasteiger partial charge in [-0.25, -0.2) is 15.2 Å². The molecule has 3 fully saturated rings. The van der Waals surface area contributed by atoms with Crippen molar-refractivity contribution in [2.45, 2.75) is 124 Å². The number of piperazine rings is 1. The molecule has 17 heteroatoms. The number of benzene rings is 1. The minimum absolute atomic E-state index is 0.0485. The van der Waals surface area contributed by atoms with Crippen molar-refractivity contribution >= 4 is 52.0 Å². The number of ether oxygens (including phenoxy) is 1. The predicted octanol–water partition coefficient (Wildman–Crippen LogP) is 5.20. The highest BCUT2D eigenvalue weighted by Gasteiger charge is 2.41. The van der Waals surface area contributed by atoms with Crippen LogP contribution >= 0.6 is 11.3 Å². The van der Waals surface area contributed by atoms with E-state index >= 15 is 0 Å². The van der Waals surface area contributed by atoms with Crippen LogP contribution < -0.4 is 16.1 Å². The van der Waals surface area contributed by atoms with Gasteiger partial charge in [-0.3, -0.25) is 29.2 Å². The van der Waals surface area contributed by atoms with Crippen molar-refractivity contribution in [2.24, 2.45) is 11.3 Å². The summed E-state index contributed by atoms with van der Waals surface area (Å²) in [6.45, 7) is 19.4. The second kappa shape index (κ2) is 19.1. The number of aromatic nitrogens is 3. The zero-order valence-electron chi connectivity index (χ0n) is 39.8. The zero-order valence-corrected chi connectivity index (χ0v) is 40.7. The minimum atomic E-state index is -1.07. The second-order valence-corrected chi connectivity index (χ2v) is 20.9. The van der Waals surface area contributed by atoms with E-state index in [1.54, 1.807) is 11.9 Å². The van der Waals surface area contributed by atoms with Crippen LogP contribution in [0.25, 0.3) is 33.4 Å². The number of likely N-dealkylation sites (N-methyl/N-ethyl adjacent to an activating group) is 1. The number of hydrogen-bond donors (Lipinski definition) is 3. The molecule has 4 aromatic rings. The van der Waals surface area contributed by atoms with Crippen LogP contribution in [0.2, 0.25) is 0 Å². The number of nitrogens with one attached hydrogen (secondary N) is 3. The third-order valence-electron chi connectivity index (χ3n) is 13.5. The van der Waals surface area contributed by atoms with Gasteiger partial charge < -0.3 is 34.6 Å². The van der Waals surface area contributed by atoms with Crippen molar-refractivity contribution < 1.29 is 28.7 Å². The molecular formula is C49H66N10O6S. The van der Waals surface area contributed by atoms with E-state index in [1.165, 1.54) is 21.2 Å². The molecule has 3 saturated heterocycles.